The van der Waals surface area contributed by atoms with Gasteiger partial charge in [-0.2, -0.15) is 0 Å². The van der Waals surface area contributed by atoms with Crippen LogP contribution in [-0.4, -0.2) is 21.4 Å². The molecule has 5 heteroatoms. The van der Waals surface area contributed by atoms with Crippen LogP contribution in [0.25, 0.3) is 10.9 Å². The van der Waals surface area contributed by atoms with Gasteiger partial charge >= 0.3 is 0 Å². The highest BCUT2D eigenvalue weighted by atomic mass is 16.2. The molecule has 0 fully saturated rings. The predicted molar refractivity (Wildman–Crippen MR) is 75.7 cm³/mol. The van der Waals surface area contributed by atoms with Crippen LogP contribution in [0.5, 0.6) is 0 Å². The van der Waals surface area contributed by atoms with Crippen molar-refractivity contribution in [2.24, 2.45) is 5.73 Å². The van der Waals surface area contributed by atoms with Crippen LogP contribution in [0.4, 0.5) is 5.69 Å². The van der Waals surface area contributed by atoms with Crippen molar-refractivity contribution >= 4 is 22.5 Å². The molecule has 5 nitrogen and oxygen atoms in total. The highest BCUT2D eigenvalue weighted by Crippen LogP contribution is 2.21. The van der Waals surface area contributed by atoms with Crippen LogP contribution in [0.15, 0.2) is 30.7 Å². The van der Waals surface area contributed by atoms with Gasteiger partial charge in [0.2, 0.25) is 5.91 Å². The van der Waals surface area contributed by atoms with Gasteiger partial charge in [-0.05, 0) is 25.5 Å². The lowest BCUT2D eigenvalue weighted by Gasteiger charge is -2.23. The molecule has 0 saturated heterocycles. The minimum Gasteiger partial charge on any atom is -0.324 e. The Labute approximate surface area is 112 Å². The number of nitrogens with two attached hydrogens (primary N) is 1. The third-order valence-electron chi connectivity index (χ3n) is 3.08. The van der Waals surface area contributed by atoms with Gasteiger partial charge in [-0.15, -0.1) is 0 Å². The number of carbonyl (C=O) groups excluding carboxylic acids is 1. The van der Waals surface area contributed by atoms with Crippen molar-refractivity contribution in [3.63, 3.8) is 0 Å². The minimum absolute atomic E-state index is 0.189. The number of hydrogen-bond donors (Lipinski definition) is 2. The molecule has 0 aliphatic carbocycles. The largest absolute Gasteiger partial charge is 0.324 e. The van der Waals surface area contributed by atoms with Crippen molar-refractivity contribution in [2.45, 2.75) is 32.2 Å². The lowest BCUT2D eigenvalue weighted by atomic mass is 9.96. The summed E-state index contributed by atoms with van der Waals surface area (Å²) in [5.74, 6) is -0.189. The zero-order valence-corrected chi connectivity index (χ0v) is 11.2. The van der Waals surface area contributed by atoms with E-state index in [4.69, 9.17) is 5.73 Å². The summed E-state index contributed by atoms with van der Waals surface area (Å²) in [7, 11) is 0. The second-order valence-electron chi connectivity index (χ2n) is 4.87. The Kier molecular flexibility index (Phi) is 3.76. The first-order chi connectivity index (χ1) is 9.04. The van der Waals surface area contributed by atoms with Crippen LogP contribution in [0.2, 0.25) is 0 Å². The molecule has 19 heavy (non-hydrogen) atoms. The maximum Gasteiger partial charge on any atom is 0.244 e. The van der Waals surface area contributed by atoms with Crippen molar-refractivity contribution in [3.05, 3.63) is 30.7 Å². The summed E-state index contributed by atoms with van der Waals surface area (Å²) >= 11 is 0. The summed E-state index contributed by atoms with van der Waals surface area (Å²) in [5, 5.41) is 3.68. The number of hydrogen-bond acceptors (Lipinski definition) is 4. The van der Waals surface area contributed by atoms with Gasteiger partial charge in [0.05, 0.1) is 16.7 Å². The van der Waals surface area contributed by atoms with Gasteiger partial charge in [0.1, 0.15) is 0 Å². The van der Waals surface area contributed by atoms with Crippen LogP contribution in [0.3, 0.4) is 0 Å². The molecule has 0 aromatic carbocycles. The molecule has 3 N–H and O–H groups in total. The van der Waals surface area contributed by atoms with E-state index in [-0.39, 0.29) is 5.91 Å². The molecule has 0 aliphatic rings. The van der Waals surface area contributed by atoms with E-state index in [2.05, 4.69) is 15.3 Å². The molecule has 1 unspecified atom stereocenters. The van der Waals surface area contributed by atoms with E-state index in [1.807, 2.05) is 6.92 Å². The average Bonchev–Trinajstić information content (AvgIpc) is 2.39. The normalized spacial score (nSPS) is 14.1. The molecule has 0 saturated carbocycles. The topological polar surface area (TPSA) is 80.9 Å². The molecular formula is C14H18N4O. The predicted octanol–water partition coefficient (Wildman–Crippen LogP) is 2.09. The fourth-order valence-corrected chi connectivity index (χ4v) is 2.00. The molecule has 100 valence electrons. The van der Waals surface area contributed by atoms with Gasteiger partial charge < -0.3 is 11.1 Å². The molecule has 1 amide bonds. The molecule has 0 spiro atoms. The average molecular weight is 258 g/mol. The van der Waals surface area contributed by atoms with E-state index in [0.717, 1.165) is 17.3 Å². The number of rotatable bonds is 4. The van der Waals surface area contributed by atoms with Crippen molar-refractivity contribution in [1.82, 2.24) is 9.97 Å². The van der Waals surface area contributed by atoms with Crippen LogP contribution >= 0.6 is 0 Å². The van der Waals surface area contributed by atoms with Crippen LogP contribution in [0, 0.1) is 0 Å². The lowest BCUT2D eigenvalue weighted by Crippen LogP contribution is -2.48. The maximum absolute atomic E-state index is 12.2. The molecule has 2 heterocycles. The molecule has 0 bridgehead atoms. The second kappa shape index (κ2) is 5.32. The fraction of sp³-hybridized carbons (Fsp3) is 0.357. The fourth-order valence-electron chi connectivity index (χ4n) is 2.00. The van der Waals surface area contributed by atoms with E-state index in [9.17, 15) is 4.79 Å². The Morgan fingerprint density at radius 2 is 2.21 bits per heavy atom. The number of pyridine rings is 2. The highest BCUT2D eigenvalue weighted by Gasteiger charge is 2.27. The standard InChI is InChI=1S/C14H18N4O/c1-3-6-14(2,15)13(19)18-12-5-8-17-11-4-7-16-9-10(11)12/h4-5,7-9H,3,6,15H2,1-2H3,(H,17,18,19). The zero-order chi connectivity index (χ0) is 13.9. The number of aromatic nitrogens is 2. The first-order valence-corrected chi connectivity index (χ1v) is 6.33. The third-order valence-corrected chi connectivity index (χ3v) is 3.08. The number of anilines is 1. The Morgan fingerprint density at radius 3 is 2.95 bits per heavy atom. The highest BCUT2D eigenvalue weighted by molar-refractivity contribution is 6.03. The van der Waals surface area contributed by atoms with Crippen molar-refractivity contribution in [1.29, 1.82) is 0 Å². The zero-order valence-electron chi connectivity index (χ0n) is 11.2. The summed E-state index contributed by atoms with van der Waals surface area (Å²) in [6.45, 7) is 3.75. The van der Waals surface area contributed by atoms with E-state index >= 15 is 0 Å². The van der Waals surface area contributed by atoms with Gasteiger partial charge in [0.25, 0.3) is 0 Å². The maximum atomic E-state index is 12.2. The first-order valence-electron chi connectivity index (χ1n) is 6.33. The molecule has 2 aromatic rings. The second-order valence-corrected chi connectivity index (χ2v) is 4.87. The number of nitrogens with zero attached hydrogens (tertiary/aromatic N) is 2. The Balaban J connectivity index is 2.29. The van der Waals surface area contributed by atoms with Gasteiger partial charge in [-0.1, -0.05) is 13.3 Å². The number of fused-ring (bicyclic) bond motifs is 1. The van der Waals surface area contributed by atoms with E-state index in [0.29, 0.717) is 12.1 Å². The summed E-state index contributed by atoms with van der Waals surface area (Å²) < 4.78 is 0. The van der Waals surface area contributed by atoms with E-state index in [1.54, 1.807) is 37.6 Å². The van der Waals surface area contributed by atoms with Gasteiger partial charge in [-0.3, -0.25) is 14.8 Å². The lowest BCUT2D eigenvalue weighted by molar-refractivity contribution is -0.120. The van der Waals surface area contributed by atoms with Crippen molar-refractivity contribution < 1.29 is 4.79 Å². The number of nitrogens with one attached hydrogen (secondary N) is 1. The van der Waals surface area contributed by atoms with Crippen LogP contribution in [-0.2, 0) is 4.79 Å². The summed E-state index contributed by atoms with van der Waals surface area (Å²) in [6.07, 6.45) is 6.52. The molecule has 0 radical (unpaired) electrons. The SMILES string of the molecule is CCCC(C)(N)C(=O)Nc1ccnc2ccncc12. The van der Waals surface area contributed by atoms with Crippen molar-refractivity contribution in [2.75, 3.05) is 5.32 Å². The first kappa shape index (κ1) is 13.4. The molecule has 2 aromatic heterocycles. The van der Waals surface area contributed by atoms with Crippen LogP contribution in [0.1, 0.15) is 26.7 Å². The van der Waals surface area contributed by atoms with Crippen molar-refractivity contribution in [3.8, 4) is 0 Å². The number of carbonyl (C=O) groups is 1. The molecule has 1 atom stereocenters. The third kappa shape index (κ3) is 2.88. The summed E-state index contributed by atoms with van der Waals surface area (Å²) in [4.78, 5) is 20.5. The summed E-state index contributed by atoms with van der Waals surface area (Å²) in [5.41, 5.74) is 6.64. The van der Waals surface area contributed by atoms with E-state index < -0.39 is 5.54 Å². The van der Waals surface area contributed by atoms with Crippen LogP contribution < -0.4 is 11.1 Å². The van der Waals surface area contributed by atoms with E-state index in [1.165, 1.54) is 0 Å². The quantitative estimate of drug-likeness (QED) is 0.879. The number of amides is 1. The van der Waals surface area contributed by atoms with Gasteiger partial charge in [0, 0.05) is 24.0 Å². The Bertz CT molecular complexity index is 590. The Morgan fingerprint density at radius 1 is 1.42 bits per heavy atom. The van der Waals surface area contributed by atoms with Gasteiger partial charge in [0.15, 0.2) is 0 Å². The monoisotopic (exact) mass is 258 g/mol. The molecule has 0 aliphatic heterocycles. The Hall–Kier alpha value is -2.01. The smallest absolute Gasteiger partial charge is 0.244 e. The van der Waals surface area contributed by atoms with Gasteiger partial charge in [-0.25, -0.2) is 0 Å². The molecule has 2 rings (SSSR count). The minimum atomic E-state index is -0.868. The molecular weight excluding hydrogens is 240 g/mol. The summed E-state index contributed by atoms with van der Waals surface area (Å²) in [6, 6.07) is 3.56.